The molecule has 0 spiro atoms. The van der Waals surface area contributed by atoms with Crippen molar-refractivity contribution in [3.8, 4) is 17.7 Å². The molecule has 0 aliphatic carbocycles. The van der Waals surface area contributed by atoms with Crippen LogP contribution in [0, 0.1) is 0 Å². The standard InChI is InChI=1S/C17H24N4O2/c1-4-12(2)8-6-5-7-9-13(3)14-10-15(22)21(16(14)23)17-18-11-19-20-17/h7-11,13,22-23H,4-6H2,1-3H3,(H,18,19,20). The first-order valence-electron chi connectivity index (χ1n) is 7.86. The van der Waals surface area contributed by atoms with Gasteiger partial charge in [-0.25, -0.2) is 9.67 Å². The van der Waals surface area contributed by atoms with E-state index in [-0.39, 0.29) is 23.6 Å². The maximum absolute atomic E-state index is 10.3. The van der Waals surface area contributed by atoms with Crippen LogP contribution in [-0.2, 0) is 0 Å². The summed E-state index contributed by atoms with van der Waals surface area (Å²) in [4.78, 5) is 3.94. The Morgan fingerprint density at radius 3 is 2.83 bits per heavy atom. The number of allylic oxidation sites excluding steroid dienone is 4. The van der Waals surface area contributed by atoms with Gasteiger partial charge >= 0.3 is 0 Å². The van der Waals surface area contributed by atoms with Crippen LogP contribution in [0.4, 0.5) is 0 Å². The van der Waals surface area contributed by atoms with Crippen LogP contribution in [0.15, 0.2) is 36.2 Å². The molecule has 2 aromatic heterocycles. The van der Waals surface area contributed by atoms with Gasteiger partial charge in [0, 0.05) is 17.5 Å². The monoisotopic (exact) mass is 316 g/mol. The molecule has 23 heavy (non-hydrogen) atoms. The van der Waals surface area contributed by atoms with Crippen LogP contribution < -0.4 is 0 Å². The molecule has 1 unspecified atom stereocenters. The first-order chi connectivity index (χ1) is 11.0. The predicted octanol–water partition coefficient (Wildman–Crippen LogP) is 3.80. The number of hydrogen-bond donors (Lipinski definition) is 3. The Balaban J connectivity index is 2.06. The van der Waals surface area contributed by atoms with Crippen molar-refractivity contribution in [1.82, 2.24) is 19.7 Å². The van der Waals surface area contributed by atoms with Crippen molar-refractivity contribution in [3.05, 3.63) is 41.8 Å². The fourth-order valence-corrected chi connectivity index (χ4v) is 2.33. The number of nitrogens with zero attached hydrogens (tertiary/aromatic N) is 3. The smallest absolute Gasteiger partial charge is 0.235 e. The minimum absolute atomic E-state index is 0.0127. The summed E-state index contributed by atoms with van der Waals surface area (Å²) in [5.74, 6) is 0.165. The summed E-state index contributed by atoms with van der Waals surface area (Å²) in [7, 11) is 0. The molecule has 0 aliphatic rings. The van der Waals surface area contributed by atoms with Gasteiger partial charge in [-0.2, -0.15) is 10.1 Å². The fourth-order valence-electron chi connectivity index (χ4n) is 2.33. The van der Waals surface area contributed by atoms with Gasteiger partial charge in [-0.05, 0) is 26.2 Å². The molecule has 0 aliphatic heterocycles. The minimum atomic E-state index is -0.0731. The molecular formula is C17H24N4O2. The number of unbranched alkanes of at least 4 members (excludes halogenated alkanes) is 1. The lowest BCUT2D eigenvalue weighted by molar-refractivity contribution is 0.396. The average molecular weight is 316 g/mol. The molecule has 0 saturated heterocycles. The number of aromatic amines is 1. The minimum Gasteiger partial charge on any atom is -0.494 e. The molecule has 2 heterocycles. The number of rotatable bonds is 7. The molecule has 0 bridgehead atoms. The van der Waals surface area contributed by atoms with Gasteiger partial charge in [0.15, 0.2) is 0 Å². The van der Waals surface area contributed by atoms with Gasteiger partial charge in [0.2, 0.25) is 17.7 Å². The van der Waals surface area contributed by atoms with Gasteiger partial charge < -0.3 is 10.2 Å². The zero-order chi connectivity index (χ0) is 16.8. The highest BCUT2D eigenvalue weighted by molar-refractivity contribution is 5.44. The van der Waals surface area contributed by atoms with Crippen molar-refractivity contribution in [2.45, 2.75) is 46.0 Å². The van der Waals surface area contributed by atoms with Crippen molar-refractivity contribution >= 4 is 0 Å². The third-order valence-electron chi connectivity index (χ3n) is 3.90. The van der Waals surface area contributed by atoms with E-state index in [9.17, 15) is 10.2 Å². The lowest BCUT2D eigenvalue weighted by Crippen LogP contribution is -1.96. The summed E-state index contributed by atoms with van der Waals surface area (Å²) in [6, 6.07) is 1.55. The number of H-pyrrole nitrogens is 1. The lowest BCUT2D eigenvalue weighted by Gasteiger charge is -2.06. The van der Waals surface area contributed by atoms with E-state index in [0.29, 0.717) is 5.56 Å². The predicted molar refractivity (Wildman–Crippen MR) is 89.9 cm³/mol. The molecular weight excluding hydrogens is 292 g/mol. The summed E-state index contributed by atoms with van der Waals surface area (Å²) >= 11 is 0. The Morgan fingerprint density at radius 2 is 2.17 bits per heavy atom. The van der Waals surface area contributed by atoms with Crippen LogP contribution in [0.1, 0.15) is 51.5 Å². The van der Waals surface area contributed by atoms with Crippen LogP contribution >= 0.6 is 0 Å². The Bertz CT molecular complexity index is 684. The van der Waals surface area contributed by atoms with Gasteiger partial charge in [0.25, 0.3) is 0 Å². The van der Waals surface area contributed by atoms with E-state index in [0.717, 1.165) is 19.3 Å². The number of nitrogens with one attached hydrogen (secondary N) is 1. The van der Waals surface area contributed by atoms with E-state index in [4.69, 9.17) is 0 Å². The Kier molecular flexibility index (Phi) is 5.62. The first-order valence-corrected chi connectivity index (χ1v) is 7.86. The molecule has 6 nitrogen and oxygen atoms in total. The summed E-state index contributed by atoms with van der Waals surface area (Å²) in [6.45, 7) is 6.26. The van der Waals surface area contributed by atoms with Crippen LogP contribution in [0.25, 0.3) is 5.95 Å². The molecule has 0 aromatic carbocycles. The second kappa shape index (κ2) is 7.67. The van der Waals surface area contributed by atoms with Crippen molar-refractivity contribution in [3.63, 3.8) is 0 Å². The molecule has 6 heteroatoms. The quantitative estimate of drug-likeness (QED) is 0.535. The Hall–Kier alpha value is -2.50. The topological polar surface area (TPSA) is 87.0 Å². The molecule has 0 saturated carbocycles. The van der Waals surface area contributed by atoms with E-state index in [1.807, 2.05) is 13.0 Å². The third-order valence-corrected chi connectivity index (χ3v) is 3.90. The molecule has 3 N–H and O–H groups in total. The van der Waals surface area contributed by atoms with Crippen LogP contribution in [-0.4, -0.2) is 30.0 Å². The fraction of sp³-hybridized carbons (Fsp3) is 0.412. The summed E-state index contributed by atoms with van der Waals surface area (Å²) in [5.41, 5.74) is 2.05. The van der Waals surface area contributed by atoms with Crippen LogP contribution in [0.2, 0.25) is 0 Å². The van der Waals surface area contributed by atoms with Gasteiger partial charge in [0.05, 0.1) is 0 Å². The summed E-state index contributed by atoms with van der Waals surface area (Å²) in [6.07, 6.45) is 10.8. The van der Waals surface area contributed by atoms with E-state index >= 15 is 0 Å². The van der Waals surface area contributed by atoms with E-state index in [2.05, 4.69) is 41.2 Å². The summed E-state index contributed by atoms with van der Waals surface area (Å²) in [5, 5.41) is 26.7. The second-order valence-electron chi connectivity index (χ2n) is 5.62. The summed E-state index contributed by atoms with van der Waals surface area (Å²) < 4.78 is 1.24. The highest BCUT2D eigenvalue weighted by Crippen LogP contribution is 2.35. The van der Waals surface area contributed by atoms with Crippen molar-refractivity contribution in [2.24, 2.45) is 0 Å². The highest BCUT2D eigenvalue weighted by Gasteiger charge is 2.19. The molecule has 2 aromatic rings. The van der Waals surface area contributed by atoms with E-state index in [1.165, 1.54) is 16.5 Å². The highest BCUT2D eigenvalue weighted by atomic mass is 16.3. The van der Waals surface area contributed by atoms with Crippen LogP contribution in [0.3, 0.4) is 0 Å². The Morgan fingerprint density at radius 1 is 1.39 bits per heavy atom. The molecule has 124 valence electrons. The molecule has 0 amide bonds. The average Bonchev–Trinajstić information content (AvgIpc) is 3.14. The largest absolute Gasteiger partial charge is 0.494 e. The number of aromatic hydroxyl groups is 2. The normalized spacial score (nSPS) is 13.8. The second-order valence-corrected chi connectivity index (χ2v) is 5.62. The maximum atomic E-state index is 10.3. The Labute approximate surface area is 136 Å². The molecule has 0 fully saturated rings. The van der Waals surface area contributed by atoms with Crippen molar-refractivity contribution in [1.29, 1.82) is 0 Å². The molecule has 1 atom stereocenters. The van der Waals surface area contributed by atoms with Gasteiger partial charge in [0.1, 0.15) is 6.33 Å². The molecule has 2 rings (SSSR count). The lowest BCUT2D eigenvalue weighted by atomic mass is 10.0. The number of aromatic nitrogens is 4. The SMILES string of the molecule is CCC(C)=CCCC=CC(C)c1cc(O)n(-c2ncn[nH]2)c1O. The van der Waals surface area contributed by atoms with Gasteiger partial charge in [-0.15, -0.1) is 0 Å². The molecule has 0 radical (unpaired) electrons. The van der Waals surface area contributed by atoms with Crippen molar-refractivity contribution < 1.29 is 10.2 Å². The third kappa shape index (κ3) is 4.03. The van der Waals surface area contributed by atoms with Crippen molar-refractivity contribution in [2.75, 3.05) is 0 Å². The maximum Gasteiger partial charge on any atom is 0.235 e. The van der Waals surface area contributed by atoms with Gasteiger partial charge in [-0.3, -0.25) is 0 Å². The number of hydrogen-bond acceptors (Lipinski definition) is 4. The van der Waals surface area contributed by atoms with E-state index in [1.54, 1.807) is 6.07 Å². The van der Waals surface area contributed by atoms with Crippen LogP contribution in [0.5, 0.6) is 11.8 Å². The van der Waals surface area contributed by atoms with Gasteiger partial charge in [-0.1, -0.05) is 37.6 Å². The zero-order valence-electron chi connectivity index (χ0n) is 13.8. The van der Waals surface area contributed by atoms with E-state index < -0.39 is 0 Å². The zero-order valence-corrected chi connectivity index (χ0v) is 13.8. The first kappa shape index (κ1) is 16.9.